The lowest BCUT2D eigenvalue weighted by Crippen LogP contribution is -2.45. The van der Waals surface area contributed by atoms with Gasteiger partial charge in [0.1, 0.15) is 6.04 Å². The number of hydrogen-bond donors (Lipinski definition) is 2. The van der Waals surface area contributed by atoms with Gasteiger partial charge in [0.05, 0.1) is 21.5 Å². The highest BCUT2D eigenvalue weighted by atomic mass is 16.6. The summed E-state index contributed by atoms with van der Waals surface area (Å²) < 4.78 is 0. The van der Waals surface area contributed by atoms with E-state index in [-0.39, 0.29) is 5.56 Å². The number of amides is 2. The molecule has 0 spiro atoms. The van der Waals surface area contributed by atoms with Crippen molar-refractivity contribution in [3.05, 3.63) is 44.0 Å². The molecule has 0 unspecified atom stereocenters. The number of nitrogens with one attached hydrogen (secondary N) is 2. The molecule has 0 bridgehead atoms. The predicted molar refractivity (Wildman–Crippen MR) is 80.0 cm³/mol. The molecule has 0 heterocycles. The predicted octanol–water partition coefficient (Wildman–Crippen LogP) is 1.15. The average molecular weight is 324 g/mol. The normalized spacial score (nSPS) is 11.4. The van der Waals surface area contributed by atoms with Gasteiger partial charge in [-0.25, -0.2) is 0 Å². The first-order valence-electron chi connectivity index (χ1n) is 6.78. The highest BCUT2D eigenvalue weighted by Gasteiger charge is 2.22. The second kappa shape index (κ2) is 7.82. The molecular formula is C13H16N4O6. The summed E-state index contributed by atoms with van der Waals surface area (Å²) in [4.78, 5) is 43.6. The van der Waals surface area contributed by atoms with Gasteiger partial charge in [-0.3, -0.25) is 29.8 Å². The molecule has 10 nitrogen and oxygen atoms in total. The van der Waals surface area contributed by atoms with Gasteiger partial charge in [0, 0.05) is 18.7 Å². The number of benzene rings is 1. The van der Waals surface area contributed by atoms with Gasteiger partial charge in [-0.2, -0.15) is 0 Å². The zero-order chi connectivity index (χ0) is 17.6. The van der Waals surface area contributed by atoms with Crippen molar-refractivity contribution < 1.29 is 19.4 Å². The Kier molecular flexibility index (Phi) is 6.13. The van der Waals surface area contributed by atoms with Crippen LogP contribution in [0.1, 0.15) is 30.6 Å². The molecule has 0 saturated carbocycles. The smallest absolute Gasteiger partial charge is 0.277 e. The minimum Gasteiger partial charge on any atom is -0.354 e. The minimum atomic E-state index is -0.882. The third-order valence-electron chi connectivity index (χ3n) is 2.88. The molecule has 2 N–H and O–H groups in total. The van der Waals surface area contributed by atoms with Crippen LogP contribution in [0.4, 0.5) is 11.4 Å². The van der Waals surface area contributed by atoms with Gasteiger partial charge in [0.15, 0.2) is 0 Å². The monoisotopic (exact) mass is 324 g/mol. The number of non-ortho nitro benzene ring substituents is 2. The Morgan fingerprint density at radius 2 is 1.65 bits per heavy atom. The standard InChI is InChI=1S/C13H16N4O6/c1-3-4-14-12(18)8(2)15-13(19)9-5-10(16(20)21)7-11(6-9)17(22)23/h5-8H,3-4H2,1-2H3,(H,14,18)(H,15,19)/t8-/m0/s1. The van der Waals surface area contributed by atoms with Gasteiger partial charge in [-0.1, -0.05) is 6.92 Å². The zero-order valence-electron chi connectivity index (χ0n) is 12.6. The summed E-state index contributed by atoms with van der Waals surface area (Å²) in [6.07, 6.45) is 0.726. The van der Waals surface area contributed by atoms with Gasteiger partial charge in [0.25, 0.3) is 17.3 Å². The summed E-state index contributed by atoms with van der Waals surface area (Å²) in [6, 6.07) is 1.71. The number of nitro groups is 2. The van der Waals surface area contributed by atoms with Crippen LogP contribution in [0.2, 0.25) is 0 Å². The van der Waals surface area contributed by atoms with Gasteiger partial charge >= 0.3 is 0 Å². The van der Waals surface area contributed by atoms with Crippen LogP contribution in [0, 0.1) is 20.2 Å². The van der Waals surface area contributed by atoms with Crippen molar-refractivity contribution in [3.63, 3.8) is 0 Å². The molecule has 0 radical (unpaired) electrons. The van der Waals surface area contributed by atoms with E-state index in [2.05, 4.69) is 10.6 Å². The quantitative estimate of drug-likeness (QED) is 0.568. The maximum atomic E-state index is 12.0. The molecule has 0 saturated heterocycles. The second-order valence-electron chi connectivity index (χ2n) is 4.74. The van der Waals surface area contributed by atoms with Crippen molar-refractivity contribution >= 4 is 23.2 Å². The summed E-state index contributed by atoms with van der Waals surface area (Å²) >= 11 is 0. The van der Waals surface area contributed by atoms with E-state index in [0.29, 0.717) is 6.54 Å². The lowest BCUT2D eigenvalue weighted by Gasteiger charge is -2.13. The number of rotatable bonds is 7. The second-order valence-corrected chi connectivity index (χ2v) is 4.74. The van der Waals surface area contributed by atoms with Gasteiger partial charge in [0.2, 0.25) is 5.91 Å². The molecule has 0 aliphatic rings. The first kappa shape index (κ1) is 18.0. The van der Waals surface area contributed by atoms with Crippen LogP contribution in [0.5, 0.6) is 0 Å². The van der Waals surface area contributed by atoms with Crippen LogP contribution >= 0.6 is 0 Å². The van der Waals surface area contributed by atoms with Gasteiger partial charge in [-0.15, -0.1) is 0 Å². The van der Waals surface area contributed by atoms with E-state index in [1.54, 1.807) is 0 Å². The lowest BCUT2D eigenvalue weighted by atomic mass is 10.1. The third-order valence-corrected chi connectivity index (χ3v) is 2.88. The Labute approximate surface area is 131 Å². The van der Waals surface area contributed by atoms with Crippen molar-refractivity contribution in [2.24, 2.45) is 0 Å². The fourth-order valence-corrected chi connectivity index (χ4v) is 1.68. The topological polar surface area (TPSA) is 144 Å². The molecule has 2 amide bonds. The highest BCUT2D eigenvalue weighted by molar-refractivity contribution is 5.98. The fourth-order valence-electron chi connectivity index (χ4n) is 1.68. The Balaban J connectivity index is 2.96. The molecular weight excluding hydrogens is 308 g/mol. The van der Waals surface area contributed by atoms with Gasteiger partial charge in [-0.05, 0) is 13.3 Å². The van der Waals surface area contributed by atoms with E-state index in [9.17, 15) is 29.8 Å². The summed E-state index contributed by atoms with van der Waals surface area (Å²) in [5, 5.41) is 26.5. The van der Waals surface area contributed by atoms with E-state index in [1.807, 2.05) is 6.92 Å². The largest absolute Gasteiger partial charge is 0.354 e. The summed E-state index contributed by atoms with van der Waals surface area (Å²) in [5.74, 6) is -1.23. The Morgan fingerprint density at radius 3 is 2.09 bits per heavy atom. The molecule has 124 valence electrons. The van der Waals surface area contributed by atoms with E-state index in [4.69, 9.17) is 0 Å². The van der Waals surface area contributed by atoms with Crippen LogP contribution in [-0.2, 0) is 4.79 Å². The van der Waals surface area contributed by atoms with E-state index in [0.717, 1.165) is 24.6 Å². The van der Waals surface area contributed by atoms with Crippen molar-refractivity contribution in [2.45, 2.75) is 26.3 Å². The molecule has 1 rings (SSSR count). The summed E-state index contributed by atoms with van der Waals surface area (Å²) in [7, 11) is 0. The number of hydrogen-bond acceptors (Lipinski definition) is 6. The number of carbonyl (C=O) groups excluding carboxylic acids is 2. The molecule has 0 aliphatic carbocycles. The first-order valence-corrected chi connectivity index (χ1v) is 6.78. The fraction of sp³-hybridized carbons (Fsp3) is 0.385. The number of carbonyl (C=O) groups is 2. The highest BCUT2D eigenvalue weighted by Crippen LogP contribution is 2.22. The number of nitrogens with zero attached hydrogens (tertiary/aromatic N) is 2. The summed E-state index contributed by atoms with van der Waals surface area (Å²) in [6.45, 7) is 3.75. The Morgan fingerprint density at radius 1 is 1.13 bits per heavy atom. The maximum absolute atomic E-state index is 12.0. The van der Waals surface area contributed by atoms with Crippen LogP contribution in [-0.4, -0.2) is 34.2 Å². The van der Waals surface area contributed by atoms with Gasteiger partial charge < -0.3 is 10.6 Å². The minimum absolute atomic E-state index is 0.263. The van der Waals surface area contributed by atoms with E-state index >= 15 is 0 Å². The SMILES string of the molecule is CCCNC(=O)[C@H](C)NC(=O)c1cc([N+](=O)[O-])cc([N+](=O)[O-])c1. The number of nitro benzene ring substituents is 2. The molecule has 1 aromatic carbocycles. The maximum Gasteiger partial charge on any atom is 0.277 e. The molecule has 0 aliphatic heterocycles. The molecule has 0 fully saturated rings. The van der Waals surface area contributed by atoms with Crippen molar-refractivity contribution in [2.75, 3.05) is 6.54 Å². The average Bonchev–Trinajstić information content (AvgIpc) is 2.51. The Bertz CT molecular complexity index is 613. The van der Waals surface area contributed by atoms with Crippen LogP contribution in [0.15, 0.2) is 18.2 Å². The van der Waals surface area contributed by atoms with Crippen molar-refractivity contribution in [3.8, 4) is 0 Å². The van der Waals surface area contributed by atoms with Crippen LogP contribution in [0.3, 0.4) is 0 Å². The summed E-state index contributed by atoms with van der Waals surface area (Å²) in [5.41, 5.74) is -1.42. The van der Waals surface area contributed by atoms with E-state index < -0.39 is 39.1 Å². The Hall–Kier alpha value is -3.04. The molecule has 1 aromatic rings. The zero-order valence-corrected chi connectivity index (χ0v) is 12.6. The third kappa shape index (κ3) is 5.02. The molecule has 0 aromatic heterocycles. The van der Waals surface area contributed by atoms with Crippen molar-refractivity contribution in [1.82, 2.24) is 10.6 Å². The lowest BCUT2D eigenvalue weighted by molar-refractivity contribution is -0.394. The van der Waals surface area contributed by atoms with Crippen molar-refractivity contribution in [1.29, 1.82) is 0 Å². The van der Waals surface area contributed by atoms with Crippen LogP contribution in [0.25, 0.3) is 0 Å². The molecule has 23 heavy (non-hydrogen) atoms. The first-order chi connectivity index (χ1) is 10.8. The van der Waals surface area contributed by atoms with Crippen LogP contribution < -0.4 is 10.6 Å². The van der Waals surface area contributed by atoms with E-state index in [1.165, 1.54) is 6.92 Å². The molecule has 10 heteroatoms. The molecule has 1 atom stereocenters.